The van der Waals surface area contributed by atoms with Crippen LogP contribution in [0.15, 0.2) is 53.7 Å². The molecule has 6 heteroatoms. The molecule has 1 aliphatic heterocycles. The van der Waals surface area contributed by atoms with Crippen LogP contribution in [0.4, 0.5) is 0 Å². The summed E-state index contributed by atoms with van der Waals surface area (Å²) in [6.07, 6.45) is 8.11. The maximum absolute atomic E-state index is 12.9. The Morgan fingerprint density at radius 3 is 2.27 bits per heavy atom. The molecule has 3 aromatic rings. The van der Waals surface area contributed by atoms with Crippen LogP contribution in [0.1, 0.15) is 31.2 Å². The standard InChI is InChI=1S/C20H23N3O2S/c1-16-6-11-20-21-19(15-22(20)14-16)17-7-9-18(10-8-17)26(24,25)23-12-4-2-3-5-13-23/h6-11,14-15H,2-5,12-13H2,1H3. The maximum atomic E-state index is 12.9. The number of pyridine rings is 1. The highest BCUT2D eigenvalue weighted by atomic mass is 32.2. The van der Waals surface area contributed by atoms with Crippen molar-refractivity contribution in [3.05, 3.63) is 54.4 Å². The summed E-state index contributed by atoms with van der Waals surface area (Å²) in [5, 5.41) is 0. The third-order valence-electron chi connectivity index (χ3n) is 4.95. The highest BCUT2D eigenvalue weighted by Crippen LogP contribution is 2.24. The fraction of sp³-hybridized carbons (Fsp3) is 0.350. The molecule has 1 fully saturated rings. The molecular weight excluding hydrogens is 346 g/mol. The van der Waals surface area contributed by atoms with E-state index in [1.54, 1.807) is 16.4 Å². The lowest BCUT2D eigenvalue weighted by atomic mass is 10.2. The summed E-state index contributed by atoms with van der Waals surface area (Å²) < 4.78 is 29.4. The van der Waals surface area contributed by atoms with Crippen LogP contribution in [-0.2, 0) is 10.0 Å². The van der Waals surface area contributed by atoms with E-state index >= 15 is 0 Å². The van der Waals surface area contributed by atoms with Crippen molar-refractivity contribution in [1.82, 2.24) is 13.7 Å². The van der Waals surface area contributed by atoms with Gasteiger partial charge in [-0.1, -0.05) is 31.0 Å². The minimum atomic E-state index is -3.41. The Morgan fingerprint density at radius 2 is 1.58 bits per heavy atom. The average Bonchev–Trinajstić information content (AvgIpc) is 2.86. The van der Waals surface area contributed by atoms with Gasteiger partial charge in [-0.25, -0.2) is 13.4 Å². The highest BCUT2D eigenvalue weighted by molar-refractivity contribution is 7.89. The van der Waals surface area contributed by atoms with Gasteiger partial charge in [0.25, 0.3) is 0 Å². The second-order valence-corrected chi connectivity index (χ2v) is 8.88. The molecule has 0 radical (unpaired) electrons. The van der Waals surface area contributed by atoms with Crippen LogP contribution in [-0.4, -0.2) is 35.2 Å². The Balaban J connectivity index is 1.63. The Morgan fingerprint density at radius 1 is 0.885 bits per heavy atom. The molecule has 3 heterocycles. The van der Waals surface area contributed by atoms with E-state index in [0.717, 1.165) is 42.6 Å². The van der Waals surface area contributed by atoms with Crippen LogP contribution in [0, 0.1) is 6.92 Å². The predicted molar refractivity (Wildman–Crippen MR) is 103 cm³/mol. The number of nitrogens with zero attached hydrogens (tertiary/aromatic N) is 3. The van der Waals surface area contributed by atoms with Crippen LogP contribution in [0.5, 0.6) is 0 Å². The first-order valence-electron chi connectivity index (χ1n) is 9.10. The third kappa shape index (κ3) is 3.27. The number of aryl methyl sites for hydroxylation is 1. The molecule has 0 aliphatic carbocycles. The number of sulfonamides is 1. The molecule has 5 nitrogen and oxygen atoms in total. The summed E-state index contributed by atoms with van der Waals surface area (Å²) in [6, 6.07) is 11.1. The van der Waals surface area contributed by atoms with Gasteiger partial charge < -0.3 is 4.40 Å². The van der Waals surface area contributed by atoms with Crippen molar-refractivity contribution in [3.8, 4) is 11.3 Å². The van der Waals surface area contributed by atoms with E-state index in [0.29, 0.717) is 18.0 Å². The summed E-state index contributed by atoms with van der Waals surface area (Å²) in [7, 11) is -3.41. The van der Waals surface area contributed by atoms with Gasteiger partial charge in [-0.2, -0.15) is 4.31 Å². The first-order valence-corrected chi connectivity index (χ1v) is 10.5. The molecule has 0 bridgehead atoms. The summed E-state index contributed by atoms with van der Waals surface area (Å²) in [5.74, 6) is 0. The number of hydrogen-bond donors (Lipinski definition) is 0. The second kappa shape index (κ2) is 6.85. The summed E-state index contributed by atoms with van der Waals surface area (Å²) in [4.78, 5) is 4.98. The topological polar surface area (TPSA) is 54.7 Å². The molecular formula is C20H23N3O2S. The summed E-state index contributed by atoms with van der Waals surface area (Å²) >= 11 is 0. The zero-order chi connectivity index (χ0) is 18.1. The van der Waals surface area contributed by atoms with Gasteiger partial charge in [-0.3, -0.25) is 0 Å². The minimum Gasteiger partial charge on any atom is -0.306 e. The highest BCUT2D eigenvalue weighted by Gasteiger charge is 2.25. The van der Waals surface area contributed by atoms with Crippen molar-refractivity contribution in [2.75, 3.05) is 13.1 Å². The van der Waals surface area contributed by atoms with Gasteiger partial charge in [0.1, 0.15) is 5.65 Å². The molecule has 0 atom stereocenters. The van der Waals surface area contributed by atoms with E-state index in [9.17, 15) is 8.42 Å². The SMILES string of the molecule is Cc1ccc2nc(-c3ccc(S(=O)(=O)N4CCCCCC4)cc3)cn2c1. The Bertz CT molecular complexity index is 1010. The molecule has 0 amide bonds. The van der Waals surface area contributed by atoms with Gasteiger partial charge in [0.05, 0.1) is 10.6 Å². The average molecular weight is 369 g/mol. The van der Waals surface area contributed by atoms with E-state index in [-0.39, 0.29) is 0 Å². The van der Waals surface area contributed by atoms with Gasteiger partial charge in [0, 0.05) is 31.0 Å². The van der Waals surface area contributed by atoms with Crippen LogP contribution in [0.2, 0.25) is 0 Å². The van der Waals surface area contributed by atoms with Crippen molar-refractivity contribution in [3.63, 3.8) is 0 Å². The lowest BCUT2D eigenvalue weighted by Crippen LogP contribution is -2.31. The molecule has 1 aromatic carbocycles. The number of rotatable bonds is 3. The number of aromatic nitrogens is 2. The number of imidazole rings is 1. The van der Waals surface area contributed by atoms with Crippen LogP contribution in [0.3, 0.4) is 0 Å². The number of benzene rings is 1. The molecule has 136 valence electrons. The normalized spacial score (nSPS) is 16.7. The van der Waals surface area contributed by atoms with Crippen molar-refractivity contribution >= 4 is 15.7 Å². The molecule has 1 saturated heterocycles. The molecule has 0 unspecified atom stereocenters. The molecule has 1 aliphatic rings. The van der Waals surface area contributed by atoms with Crippen molar-refractivity contribution < 1.29 is 8.42 Å². The van der Waals surface area contributed by atoms with E-state index < -0.39 is 10.0 Å². The van der Waals surface area contributed by atoms with E-state index in [1.165, 1.54) is 5.56 Å². The monoisotopic (exact) mass is 369 g/mol. The Hall–Kier alpha value is -2.18. The van der Waals surface area contributed by atoms with Crippen molar-refractivity contribution in [1.29, 1.82) is 0 Å². The number of fused-ring (bicyclic) bond motifs is 1. The van der Waals surface area contributed by atoms with E-state index in [4.69, 9.17) is 0 Å². The lowest BCUT2D eigenvalue weighted by molar-refractivity contribution is 0.424. The fourth-order valence-electron chi connectivity index (χ4n) is 3.47. The molecule has 4 rings (SSSR count). The molecule has 0 spiro atoms. The predicted octanol–water partition coefficient (Wildman–Crippen LogP) is 3.87. The Kier molecular flexibility index (Phi) is 4.54. The smallest absolute Gasteiger partial charge is 0.243 e. The van der Waals surface area contributed by atoms with Gasteiger partial charge in [-0.15, -0.1) is 0 Å². The van der Waals surface area contributed by atoms with Crippen molar-refractivity contribution in [2.24, 2.45) is 0 Å². The first-order chi connectivity index (χ1) is 12.5. The second-order valence-electron chi connectivity index (χ2n) is 6.94. The van der Waals surface area contributed by atoms with E-state index in [2.05, 4.69) is 4.98 Å². The van der Waals surface area contributed by atoms with Crippen LogP contribution < -0.4 is 0 Å². The third-order valence-corrected chi connectivity index (χ3v) is 6.86. The van der Waals surface area contributed by atoms with Crippen molar-refractivity contribution in [2.45, 2.75) is 37.5 Å². The van der Waals surface area contributed by atoms with Gasteiger partial charge in [0.2, 0.25) is 10.0 Å². The van der Waals surface area contributed by atoms with Crippen LogP contribution in [0.25, 0.3) is 16.9 Å². The largest absolute Gasteiger partial charge is 0.306 e. The lowest BCUT2D eigenvalue weighted by Gasteiger charge is -2.19. The fourth-order valence-corrected chi connectivity index (χ4v) is 4.99. The molecule has 2 aromatic heterocycles. The summed E-state index contributed by atoms with van der Waals surface area (Å²) in [6.45, 7) is 3.29. The number of hydrogen-bond acceptors (Lipinski definition) is 3. The van der Waals surface area contributed by atoms with Crippen LogP contribution >= 0.6 is 0 Å². The minimum absolute atomic E-state index is 0.364. The zero-order valence-electron chi connectivity index (χ0n) is 14.9. The quantitative estimate of drug-likeness (QED) is 0.704. The Labute approximate surface area is 154 Å². The van der Waals surface area contributed by atoms with E-state index in [1.807, 2.05) is 48.0 Å². The molecule has 0 saturated carbocycles. The maximum Gasteiger partial charge on any atom is 0.243 e. The first kappa shape index (κ1) is 17.2. The van der Waals surface area contributed by atoms with Gasteiger partial charge in [0.15, 0.2) is 0 Å². The zero-order valence-corrected chi connectivity index (χ0v) is 15.7. The molecule has 0 N–H and O–H groups in total. The van der Waals surface area contributed by atoms with Gasteiger partial charge in [-0.05, 0) is 43.5 Å². The van der Waals surface area contributed by atoms with Gasteiger partial charge >= 0.3 is 0 Å². The molecule has 26 heavy (non-hydrogen) atoms. The summed E-state index contributed by atoms with van der Waals surface area (Å²) in [5.41, 5.74) is 3.81.